The smallest absolute Gasteiger partial charge is 0.306 e. The molecule has 0 aliphatic rings. The minimum atomic E-state index is -0.773. The second-order valence-corrected chi connectivity index (χ2v) is 24.9. The van der Waals surface area contributed by atoms with E-state index >= 15 is 0 Å². The zero-order valence-corrected chi connectivity index (χ0v) is 55.7. The summed E-state index contributed by atoms with van der Waals surface area (Å²) in [5.74, 6) is -0.848. The van der Waals surface area contributed by atoms with E-state index < -0.39 is 6.10 Å². The Kier molecular flexibility index (Phi) is 69.1. The number of hydrogen-bond donors (Lipinski definition) is 0. The Morgan fingerprint density at radius 2 is 0.434 bits per heavy atom. The summed E-state index contributed by atoms with van der Waals surface area (Å²) in [5.41, 5.74) is 0. The SMILES string of the molecule is CCCCCCC/C=C\C/C=C\C/C=C\CCCCCCCCCCCCCCCCCCC(=O)OCC(COC(=O)CCCCCCCCCCCCC)OC(=O)CCCCCCCCCCCCC/C=C\C/C=C\CCCCCCC. The highest BCUT2D eigenvalue weighted by Gasteiger charge is 2.19. The van der Waals surface area contributed by atoms with Crippen LogP contribution in [-0.4, -0.2) is 37.2 Å². The first kappa shape index (κ1) is 80.1. The van der Waals surface area contributed by atoms with Gasteiger partial charge in [0.1, 0.15) is 13.2 Å². The third kappa shape index (κ3) is 69.8. The van der Waals surface area contributed by atoms with Crippen molar-refractivity contribution in [3.63, 3.8) is 0 Å². The Morgan fingerprint density at radius 3 is 0.675 bits per heavy atom. The van der Waals surface area contributed by atoms with Crippen molar-refractivity contribution in [2.45, 2.75) is 399 Å². The van der Waals surface area contributed by atoms with Crippen LogP contribution in [0.25, 0.3) is 0 Å². The molecule has 6 heteroatoms. The topological polar surface area (TPSA) is 78.9 Å². The quantitative estimate of drug-likeness (QED) is 0.0261. The van der Waals surface area contributed by atoms with Crippen molar-refractivity contribution < 1.29 is 28.6 Å². The van der Waals surface area contributed by atoms with E-state index in [1.54, 1.807) is 0 Å². The van der Waals surface area contributed by atoms with Gasteiger partial charge >= 0.3 is 17.9 Å². The zero-order valence-electron chi connectivity index (χ0n) is 55.7. The van der Waals surface area contributed by atoms with Crippen LogP contribution in [0.4, 0.5) is 0 Å². The van der Waals surface area contributed by atoms with Crippen LogP contribution in [0, 0.1) is 0 Å². The molecule has 0 saturated heterocycles. The lowest BCUT2D eigenvalue weighted by atomic mass is 10.0. The average Bonchev–Trinajstić information content (AvgIpc) is 3.48. The van der Waals surface area contributed by atoms with Gasteiger partial charge in [-0.25, -0.2) is 0 Å². The summed E-state index contributed by atoms with van der Waals surface area (Å²) < 4.78 is 17.0. The summed E-state index contributed by atoms with van der Waals surface area (Å²) in [6.07, 6.45) is 92.6. The lowest BCUT2D eigenvalue weighted by Gasteiger charge is -2.18. The van der Waals surface area contributed by atoms with Gasteiger partial charge in [0.15, 0.2) is 6.10 Å². The third-order valence-electron chi connectivity index (χ3n) is 16.5. The fourth-order valence-electron chi connectivity index (χ4n) is 11.0. The molecule has 6 nitrogen and oxygen atoms in total. The number of allylic oxidation sites excluding steroid dienone is 10. The maximum absolute atomic E-state index is 12.9. The minimum absolute atomic E-state index is 0.0697. The summed E-state index contributed by atoms with van der Waals surface area (Å²) >= 11 is 0. The third-order valence-corrected chi connectivity index (χ3v) is 16.5. The van der Waals surface area contributed by atoms with Gasteiger partial charge in [0.05, 0.1) is 0 Å². The van der Waals surface area contributed by atoms with Gasteiger partial charge in [-0.15, -0.1) is 0 Å². The lowest BCUT2D eigenvalue weighted by molar-refractivity contribution is -0.167. The van der Waals surface area contributed by atoms with E-state index in [0.29, 0.717) is 19.3 Å². The summed E-state index contributed by atoms with van der Waals surface area (Å²) in [5, 5.41) is 0. The fourth-order valence-corrected chi connectivity index (χ4v) is 11.0. The number of ether oxygens (including phenoxy) is 3. The van der Waals surface area contributed by atoms with Crippen LogP contribution in [-0.2, 0) is 28.6 Å². The standard InChI is InChI=1S/C77H140O6/c1-4-7-10-13-16-19-22-24-26-28-30-32-34-35-36-37-38-39-40-41-43-44-46-48-50-52-55-58-61-64-67-70-76(79)82-73-74(72-81-75(78)69-66-63-60-57-54-21-18-15-12-9-6-3)83-77(80)71-68-65-62-59-56-53-51-49-47-45-42-33-31-29-27-25-23-20-17-14-11-8-5-2/h22-25,28-31,34-35,74H,4-21,26-27,32-33,36-73H2,1-3H3/b24-22-,25-23-,30-28-,31-29-,35-34-. The van der Waals surface area contributed by atoms with Crippen LogP contribution in [0.3, 0.4) is 0 Å². The van der Waals surface area contributed by atoms with Gasteiger partial charge in [-0.2, -0.15) is 0 Å². The van der Waals surface area contributed by atoms with Crippen LogP contribution in [0.15, 0.2) is 60.8 Å². The summed E-state index contributed by atoms with van der Waals surface area (Å²) in [6.45, 7) is 6.67. The molecule has 0 bridgehead atoms. The Balaban J connectivity index is 4.16. The molecule has 0 aromatic carbocycles. The van der Waals surface area contributed by atoms with E-state index in [-0.39, 0.29) is 31.1 Å². The molecule has 0 aliphatic carbocycles. The Hall–Kier alpha value is -2.89. The lowest BCUT2D eigenvalue weighted by Crippen LogP contribution is -2.30. The molecule has 0 aliphatic heterocycles. The predicted octanol–water partition coefficient (Wildman–Crippen LogP) is 25.5. The van der Waals surface area contributed by atoms with Crippen LogP contribution < -0.4 is 0 Å². The molecule has 484 valence electrons. The van der Waals surface area contributed by atoms with Crippen LogP contribution in [0.2, 0.25) is 0 Å². The Labute approximate surface area is 517 Å². The predicted molar refractivity (Wildman–Crippen MR) is 362 cm³/mol. The number of hydrogen-bond acceptors (Lipinski definition) is 6. The van der Waals surface area contributed by atoms with E-state index in [4.69, 9.17) is 14.2 Å². The van der Waals surface area contributed by atoms with Gasteiger partial charge in [-0.05, 0) is 89.9 Å². The van der Waals surface area contributed by atoms with Gasteiger partial charge in [-0.1, -0.05) is 345 Å². The summed E-state index contributed by atoms with van der Waals surface area (Å²) in [7, 11) is 0. The molecule has 0 fully saturated rings. The molecule has 0 rings (SSSR count). The summed E-state index contributed by atoms with van der Waals surface area (Å²) in [6, 6.07) is 0. The molecule has 0 aromatic rings. The van der Waals surface area contributed by atoms with Gasteiger partial charge < -0.3 is 14.2 Å². The first-order chi connectivity index (χ1) is 41.0. The van der Waals surface area contributed by atoms with Gasteiger partial charge in [0.2, 0.25) is 0 Å². The number of rotatable bonds is 68. The van der Waals surface area contributed by atoms with E-state index in [0.717, 1.165) is 77.0 Å². The molecule has 0 radical (unpaired) electrons. The van der Waals surface area contributed by atoms with Crippen molar-refractivity contribution in [1.29, 1.82) is 0 Å². The maximum Gasteiger partial charge on any atom is 0.306 e. The molecule has 0 saturated carbocycles. The molecule has 0 amide bonds. The number of esters is 3. The van der Waals surface area contributed by atoms with Gasteiger partial charge in [0.25, 0.3) is 0 Å². The molecule has 0 spiro atoms. The fraction of sp³-hybridized carbons (Fsp3) is 0.831. The second kappa shape index (κ2) is 71.6. The molecular formula is C77H140O6. The van der Waals surface area contributed by atoms with Crippen molar-refractivity contribution in [2.24, 2.45) is 0 Å². The Morgan fingerprint density at radius 1 is 0.241 bits per heavy atom. The monoisotopic (exact) mass is 1160 g/mol. The highest BCUT2D eigenvalue weighted by Crippen LogP contribution is 2.18. The first-order valence-corrected chi connectivity index (χ1v) is 36.8. The zero-order chi connectivity index (χ0) is 59.9. The van der Waals surface area contributed by atoms with Gasteiger partial charge in [0, 0.05) is 19.3 Å². The number of unbranched alkanes of at least 4 members (excludes halogenated alkanes) is 47. The van der Waals surface area contributed by atoms with Crippen LogP contribution >= 0.6 is 0 Å². The average molecular weight is 1160 g/mol. The van der Waals surface area contributed by atoms with Crippen molar-refractivity contribution in [3.05, 3.63) is 60.8 Å². The van der Waals surface area contributed by atoms with E-state index in [1.807, 2.05) is 0 Å². The largest absolute Gasteiger partial charge is 0.462 e. The molecular weight excluding hydrogens is 1020 g/mol. The van der Waals surface area contributed by atoms with Crippen LogP contribution in [0.1, 0.15) is 393 Å². The first-order valence-electron chi connectivity index (χ1n) is 36.8. The molecule has 0 aromatic heterocycles. The second-order valence-electron chi connectivity index (χ2n) is 24.9. The highest BCUT2D eigenvalue weighted by molar-refractivity contribution is 5.71. The minimum Gasteiger partial charge on any atom is -0.462 e. The molecule has 0 N–H and O–H groups in total. The van der Waals surface area contributed by atoms with E-state index in [1.165, 1.54) is 276 Å². The van der Waals surface area contributed by atoms with Crippen molar-refractivity contribution >= 4 is 17.9 Å². The van der Waals surface area contributed by atoms with E-state index in [9.17, 15) is 14.4 Å². The number of carbonyl (C=O) groups is 3. The molecule has 1 atom stereocenters. The maximum atomic E-state index is 12.9. The number of carbonyl (C=O) groups excluding carboxylic acids is 3. The molecule has 83 heavy (non-hydrogen) atoms. The normalized spacial score (nSPS) is 12.4. The van der Waals surface area contributed by atoms with Gasteiger partial charge in [-0.3, -0.25) is 14.4 Å². The van der Waals surface area contributed by atoms with Crippen LogP contribution in [0.5, 0.6) is 0 Å². The van der Waals surface area contributed by atoms with Crippen molar-refractivity contribution in [2.75, 3.05) is 13.2 Å². The van der Waals surface area contributed by atoms with Crippen molar-refractivity contribution in [3.8, 4) is 0 Å². The summed E-state index contributed by atoms with van der Waals surface area (Å²) in [4.78, 5) is 38.4. The highest BCUT2D eigenvalue weighted by atomic mass is 16.6. The van der Waals surface area contributed by atoms with E-state index in [2.05, 4.69) is 81.5 Å². The van der Waals surface area contributed by atoms with Crippen molar-refractivity contribution in [1.82, 2.24) is 0 Å². The molecule has 1 unspecified atom stereocenters. The Bertz CT molecular complexity index is 1470. The molecule has 0 heterocycles.